The molecule has 2 aliphatic carbocycles. The standard InChI is InChI=1S/C15H24N2O/c16-8-7-15-17-10-14(18-15)13-6-5-11-3-1-2-4-12(11)9-13/h10-13H,1-9,16H2. The van der Waals surface area contributed by atoms with Gasteiger partial charge in [0.2, 0.25) is 0 Å². The summed E-state index contributed by atoms with van der Waals surface area (Å²) in [5.41, 5.74) is 5.54. The van der Waals surface area contributed by atoms with Crippen molar-refractivity contribution < 1.29 is 4.42 Å². The molecular weight excluding hydrogens is 224 g/mol. The maximum absolute atomic E-state index is 5.85. The fraction of sp³-hybridized carbons (Fsp3) is 0.800. The first-order chi connectivity index (χ1) is 8.86. The Kier molecular flexibility index (Phi) is 3.69. The van der Waals surface area contributed by atoms with Crippen molar-refractivity contribution >= 4 is 0 Å². The topological polar surface area (TPSA) is 52.0 Å². The third-order valence-electron chi connectivity index (χ3n) is 4.87. The van der Waals surface area contributed by atoms with Gasteiger partial charge in [0, 0.05) is 18.9 Å². The average molecular weight is 248 g/mol. The first-order valence-corrected chi connectivity index (χ1v) is 7.51. The summed E-state index contributed by atoms with van der Waals surface area (Å²) in [6.07, 6.45) is 12.5. The molecule has 2 saturated carbocycles. The van der Waals surface area contributed by atoms with Crippen LogP contribution in [0.2, 0.25) is 0 Å². The zero-order chi connectivity index (χ0) is 12.4. The van der Waals surface area contributed by atoms with Crippen LogP contribution in [0.3, 0.4) is 0 Å². The van der Waals surface area contributed by atoms with Gasteiger partial charge in [-0.3, -0.25) is 0 Å². The molecule has 100 valence electrons. The molecule has 2 fully saturated rings. The predicted octanol–water partition coefficient (Wildman–Crippen LogP) is 3.25. The molecule has 0 spiro atoms. The van der Waals surface area contributed by atoms with E-state index in [1.807, 2.05) is 6.20 Å². The third-order valence-corrected chi connectivity index (χ3v) is 4.87. The molecule has 1 heterocycles. The molecule has 1 aromatic heterocycles. The molecule has 0 radical (unpaired) electrons. The van der Waals surface area contributed by atoms with Crippen molar-refractivity contribution in [2.45, 2.75) is 57.3 Å². The molecule has 3 rings (SSSR count). The van der Waals surface area contributed by atoms with Gasteiger partial charge in [-0.25, -0.2) is 4.98 Å². The molecule has 3 atom stereocenters. The fourth-order valence-electron chi connectivity index (χ4n) is 3.88. The van der Waals surface area contributed by atoms with Gasteiger partial charge in [0.05, 0.1) is 6.20 Å². The first-order valence-electron chi connectivity index (χ1n) is 7.51. The Hall–Kier alpha value is -0.830. The normalized spacial score (nSPS) is 32.2. The van der Waals surface area contributed by atoms with Crippen LogP contribution in [0, 0.1) is 11.8 Å². The summed E-state index contributed by atoms with van der Waals surface area (Å²) in [6, 6.07) is 0. The summed E-state index contributed by atoms with van der Waals surface area (Å²) in [7, 11) is 0. The van der Waals surface area contributed by atoms with E-state index in [2.05, 4.69) is 4.98 Å². The SMILES string of the molecule is NCCc1ncc(C2CCC3CCCCC3C2)o1. The number of oxazole rings is 1. The van der Waals surface area contributed by atoms with Crippen LogP contribution in [0.4, 0.5) is 0 Å². The van der Waals surface area contributed by atoms with Crippen LogP contribution in [0.1, 0.15) is 62.5 Å². The number of fused-ring (bicyclic) bond motifs is 1. The minimum Gasteiger partial charge on any atom is -0.445 e. The first kappa shape index (κ1) is 12.2. The lowest BCUT2D eigenvalue weighted by Gasteiger charge is -2.38. The van der Waals surface area contributed by atoms with E-state index in [0.29, 0.717) is 12.5 Å². The van der Waals surface area contributed by atoms with E-state index in [1.165, 1.54) is 44.9 Å². The van der Waals surface area contributed by atoms with E-state index in [-0.39, 0.29) is 0 Å². The summed E-state index contributed by atoms with van der Waals surface area (Å²) in [4.78, 5) is 4.34. The number of nitrogens with two attached hydrogens (primary N) is 1. The van der Waals surface area contributed by atoms with Crippen LogP contribution in [0.5, 0.6) is 0 Å². The van der Waals surface area contributed by atoms with Crippen LogP contribution in [-0.4, -0.2) is 11.5 Å². The molecule has 3 heteroatoms. The molecule has 0 amide bonds. The Bertz CT molecular complexity index is 388. The molecule has 3 unspecified atom stereocenters. The number of nitrogens with zero attached hydrogens (tertiary/aromatic N) is 1. The quantitative estimate of drug-likeness (QED) is 0.893. The molecule has 2 aliphatic rings. The van der Waals surface area contributed by atoms with Crippen molar-refractivity contribution in [3.05, 3.63) is 17.8 Å². The zero-order valence-corrected chi connectivity index (χ0v) is 11.1. The second-order valence-electron chi connectivity index (χ2n) is 6.01. The van der Waals surface area contributed by atoms with Gasteiger partial charge in [-0.2, -0.15) is 0 Å². The number of rotatable bonds is 3. The third kappa shape index (κ3) is 2.46. The van der Waals surface area contributed by atoms with Crippen LogP contribution in [0.15, 0.2) is 10.6 Å². The molecule has 3 nitrogen and oxygen atoms in total. The van der Waals surface area contributed by atoms with Crippen molar-refractivity contribution in [3.63, 3.8) is 0 Å². The van der Waals surface area contributed by atoms with Gasteiger partial charge in [0.15, 0.2) is 5.89 Å². The average Bonchev–Trinajstić information content (AvgIpc) is 2.87. The fourth-order valence-corrected chi connectivity index (χ4v) is 3.88. The van der Waals surface area contributed by atoms with Crippen LogP contribution in [-0.2, 0) is 6.42 Å². The monoisotopic (exact) mass is 248 g/mol. The van der Waals surface area contributed by atoms with Gasteiger partial charge in [-0.05, 0) is 31.1 Å². The van der Waals surface area contributed by atoms with Crippen LogP contribution >= 0.6 is 0 Å². The van der Waals surface area contributed by atoms with Gasteiger partial charge in [0.1, 0.15) is 5.76 Å². The molecule has 18 heavy (non-hydrogen) atoms. The van der Waals surface area contributed by atoms with E-state index in [1.54, 1.807) is 0 Å². The van der Waals surface area contributed by atoms with Gasteiger partial charge < -0.3 is 10.2 Å². The van der Waals surface area contributed by atoms with Crippen molar-refractivity contribution in [3.8, 4) is 0 Å². The Balaban J connectivity index is 1.65. The number of aromatic nitrogens is 1. The number of hydrogen-bond acceptors (Lipinski definition) is 3. The van der Waals surface area contributed by atoms with Crippen molar-refractivity contribution in [2.75, 3.05) is 6.54 Å². The second kappa shape index (κ2) is 5.43. The predicted molar refractivity (Wildman–Crippen MR) is 71.3 cm³/mol. The van der Waals surface area contributed by atoms with Gasteiger partial charge in [0.25, 0.3) is 0 Å². The van der Waals surface area contributed by atoms with Gasteiger partial charge >= 0.3 is 0 Å². The Morgan fingerprint density at radius 1 is 1.17 bits per heavy atom. The maximum atomic E-state index is 5.85. The van der Waals surface area contributed by atoms with E-state index >= 15 is 0 Å². The zero-order valence-electron chi connectivity index (χ0n) is 11.1. The highest BCUT2D eigenvalue weighted by Crippen LogP contribution is 2.46. The lowest BCUT2D eigenvalue weighted by atomic mass is 9.67. The summed E-state index contributed by atoms with van der Waals surface area (Å²) in [6.45, 7) is 0.620. The maximum Gasteiger partial charge on any atom is 0.195 e. The largest absolute Gasteiger partial charge is 0.445 e. The minimum absolute atomic E-state index is 0.614. The van der Waals surface area contributed by atoms with Gasteiger partial charge in [-0.15, -0.1) is 0 Å². The minimum atomic E-state index is 0.614. The van der Waals surface area contributed by atoms with E-state index < -0.39 is 0 Å². The molecule has 1 aromatic rings. The molecular formula is C15H24N2O. The molecule has 0 bridgehead atoms. The van der Waals surface area contributed by atoms with Crippen LogP contribution < -0.4 is 5.73 Å². The molecule has 0 aliphatic heterocycles. The van der Waals surface area contributed by atoms with E-state index in [9.17, 15) is 0 Å². The Morgan fingerprint density at radius 3 is 2.83 bits per heavy atom. The molecule has 0 saturated heterocycles. The van der Waals surface area contributed by atoms with Crippen molar-refractivity contribution in [1.82, 2.24) is 4.98 Å². The summed E-state index contributed by atoms with van der Waals surface area (Å²) >= 11 is 0. The Labute approximate surface area is 109 Å². The number of hydrogen-bond donors (Lipinski definition) is 1. The van der Waals surface area contributed by atoms with E-state index in [4.69, 9.17) is 10.2 Å². The summed E-state index contributed by atoms with van der Waals surface area (Å²) in [5.74, 6) is 4.49. The molecule has 2 N–H and O–H groups in total. The lowest BCUT2D eigenvalue weighted by molar-refractivity contribution is 0.147. The Morgan fingerprint density at radius 2 is 2.00 bits per heavy atom. The van der Waals surface area contributed by atoms with Gasteiger partial charge in [-0.1, -0.05) is 25.7 Å². The highest BCUT2D eigenvalue weighted by atomic mass is 16.4. The van der Waals surface area contributed by atoms with Crippen molar-refractivity contribution in [1.29, 1.82) is 0 Å². The van der Waals surface area contributed by atoms with Crippen LogP contribution in [0.25, 0.3) is 0 Å². The van der Waals surface area contributed by atoms with E-state index in [0.717, 1.165) is 29.9 Å². The summed E-state index contributed by atoms with van der Waals surface area (Å²) in [5, 5.41) is 0. The smallest absolute Gasteiger partial charge is 0.195 e. The van der Waals surface area contributed by atoms with Crippen molar-refractivity contribution in [2.24, 2.45) is 17.6 Å². The second-order valence-corrected chi connectivity index (χ2v) is 6.01. The summed E-state index contributed by atoms with van der Waals surface area (Å²) < 4.78 is 5.85. The highest BCUT2D eigenvalue weighted by Gasteiger charge is 2.33. The lowest BCUT2D eigenvalue weighted by Crippen LogP contribution is -2.26. The molecule has 0 aromatic carbocycles. The highest BCUT2D eigenvalue weighted by molar-refractivity contribution is 5.05.